The lowest BCUT2D eigenvalue weighted by atomic mass is 10.0. The summed E-state index contributed by atoms with van der Waals surface area (Å²) in [6.07, 6.45) is 66.3. The summed E-state index contributed by atoms with van der Waals surface area (Å²) < 4.78 is 5.92. The van der Waals surface area contributed by atoms with Gasteiger partial charge in [-0.3, -0.25) is 9.59 Å². The van der Waals surface area contributed by atoms with E-state index in [9.17, 15) is 19.8 Å². The average molecular weight is 892 g/mol. The fraction of sp³-hybridized carbons (Fsp3) is 0.724. The lowest BCUT2D eigenvalue weighted by Crippen LogP contribution is -2.46. The number of allylic oxidation sites excluding steroid dienone is 14. The summed E-state index contributed by atoms with van der Waals surface area (Å²) in [5, 5.41) is 23.8. The number of ether oxygens (including phenoxy) is 1. The minimum absolute atomic E-state index is 0.0412. The Bertz CT molecular complexity index is 1230. The van der Waals surface area contributed by atoms with Crippen LogP contribution in [0.25, 0.3) is 0 Å². The number of aliphatic hydroxyl groups excluding tert-OH is 2. The third-order valence-electron chi connectivity index (χ3n) is 11.9. The van der Waals surface area contributed by atoms with Gasteiger partial charge >= 0.3 is 5.97 Å². The Labute approximate surface area is 395 Å². The van der Waals surface area contributed by atoms with Crippen molar-refractivity contribution in [2.24, 2.45) is 0 Å². The normalized spacial score (nSPS) is 13.9. The van der Waals surface area contributed by atoms with Gasteiger partial charge in [-0.1, -0.05) is 241 Å². The van der Waals surface area contributed by atoms with Gasteiger partial charge in [0.25, 0.3) is 0 Å². The van der Waals surface area contributed by atoms with Crippen LogP contribution in [0.3, 0.4) is 0 Å². The molecule has 6 nitrogen and oxygen atoms in total. The van der Waals surface area contributed by atoms with Gasteiger partial charge in [-0.2, -0.15) is 0 Å². The Morgan fingerprint density at radius 1 is 0.453 bits per heavy atom. The van der Waals surface area contributed by atoms with Crippen LogP contribution in [0.4, 0.5) is 0 Å². The maximum absolute atomic E-state index is 13.2. The second-order valence-corrected chi connectivity index (χ2v) is 18.1. The molecule has 0 bridgehead atoms. The van der Waals surface area contributed by atoms with E-state index in [2.05, 4.69) is 111 Å². The highest BCUT2D eigenvalue weighted by Gasteiger charge is 2.24. The zero-order valence-electron chi connectivity index (χ0n) is 41.9. The van der Waals surface area contributed by atoms with E-state index in [1.54, 1.807) is 0 Å². The standard InChI is InChI=1S/C58H101NO5/c1-4-7-10-13-16-19-22-24-26-28-29-31-33-36-39-42-45-48-51-58(63)64-54(49-46-43-40-37-35-32-30-27-25-23-20-17-14-11-8-5-2)52-57(62)59-55(53-60)56(61)50-47-44-41-38-34-21-18-15-12-9-6-3/h16,19,22-32,35,54-56,60-61H,4-15,17-18,20-21,33-34,36-53H2,1-3H3,(H,59,62)/b19-16+,24-22+,25-23+,28-26+,30-27+,31-29+,35-32+. The number of unbranched alkanes of at least 4 members (excludes halogenated alkanes) is 26. The summed E-state index contributed by atoms with van der Waals surface area (Å²) in [6.45, 7) is 6.41. The topological polar surface area (TPSA) is 95.9 Å². The van der Waals surface area contributed by atoms with E-state index >= 15 is 0 Å². The Hall–Kier alpha value is -2.96. The first-order valence-electron chi connectivity index (χ1n) is 26.9. The number of nitrogens with one attached hydrogen (secondary N) is 1. The van der Waals surface area contributed by atoms with E-state index in [1.165, 1.54) is 103 Å². The summed E-state index contributed by atoms with van der Waals surface area (Å²) in [4.78, 5) is 26.2. The van der Waals surface area contributed by atoms with Crippen LogP contribution in [-0.2, 0) is 14.3 Å². The summed E-state index contributed by atoms with van der Waals surface area (Å²) in [7, 11) is 0. The fourth-order valence-electron chi connectivity index (χ4n) is 7.74. The van der Waals surface area contributed by atoms with Crippen molar-refractivity contribution in [1.82, 2.24) is 5.32 Å². The van der Waals surface area contributed by atoms with Gasteiger partial charge in [-0.25, -0.2) is 0 Å². The van der Waals surface area contributed by atoms with Crippen molar-refractivity contribution in [3.05, 3.63) is 85.1 Å². The molecule has 6 heteroatoms. The highest BCUT2D eigenvalue weighted by atomic mass is 16.5. The minimum Gasteiger partial charge on any atom is -0.462 e. The van der Waals surface area contributed by atoms with Gasteiger partial charge in [-0.05, 0) is 77.0 Å². The van der Waals surface area contributed by atoms with Crippen molar-refractivity contribution >= 4 is 11.9 Å². The SMILES string of the molecule is CCCCC/C=C/C=C/C=C/C=C/CCCCCCCC(=O)OC(CCCCC/C=C/C=C/C=C/CCCCCCC)CC(=O)NC(CO)C(O)CCCCCCCCCCCCC. The molecule has 0 aromatic rings. The second kappa shape index (κ2) is 51.0. The molecule has 1 amide bonds. The summed E-state index contributed by atoms with van der Waals surface area (Å²) in [6, 6.07) is -0.722. The zero-order valence-corrected chi connectivity index (χ0v) is 41.9. The quantitative estimate of drug-likeness (QED) is 0.0321. The molecule has 0 aliphatic carbocycles. The molecule has 0 aliphatic heterocycles. The Morgan fingerprint density at radius 2 is 0.797 bits per heavy atom. The Kier molecular flexibility index (Phi) is 48.7. The number of hydrogen-bond donors (Lipinski definition) is 3. The maximum Gasteiger partial charge on any atom is 0.306 e. The lowest BCUT2D eigenvalue weighted by molar-refractivity contribution is -0.151. The van der Waals surface area contributed by atoms with E-state index in [-0.39, 0.29) is 24.9 Å². The molecule has 0 aromatic heterocycles. The van der Waals surface area contributed by atoms with E-state index < -0.39 is 18.2 Å². The molecule has 368 valence electrons. The number of rotatable bonds is 47. The van der Waals surface area contributed by atoms with Gasteiger partial charge in [0.05, 0.1) is 25.2 Å². The van der Waals surface area contributed by atoms with E-state index in [1.807, 2.05) is 0 Å². The third-order valence-corrected chi connectivity index (χ3v) is 11.9. The number of hydrogen-bond acceptors (Lipinski definition) is 5. The Morgan fingerprint density at radius 3 is 1.25 bits per heavy atom. The van der Waals surface area contributed by atoms with Crippen LogP contribution < -0.4 is 5.32 Å². The van der Waals surface area contributed by atoms with Gasteiger partial charge in [0.2, 0.25) is 5.91 Å². The van der Waals surface area contributed by atoms with Crippen molar-refractivity contribution in [2.45, 2.75) is 264 Å². The van der Waals surface area contributed by atoms with Gasteiger partial charge in [0, 0.05) is 6.42 Å². The number of amides is 1. The van der Waals surface area contributed by atoms with Gasteiger partial charge in [-0.15, -0.1) is 0 Å². The molecule has 0 heterocycles. The van der Waals surface area contributed by atoms with Crippen molar-refractivity contribution in [3.63, 3.8) is 0 Å². The molecule has 0 spiro atoms. The fourth-order valence-corrected chi connectivity index (χ4v) is 7.74. The van der Waals surface area contributed by atoms with Crippen LogP contribution in [0.15, 0.2) is 85.1 Å². The first-order valence-corrected chi connectivity index (χ1v) is 26.9. The minimum atomic E-state index is -0.805. The molecule has 0 rings (SSSR count). The number of carbonyl (C=O) groups excluding carboxylic acids is 2. The first kappa shape index (κ1) is 61.0. The molecule has 0 saturated heterocycles. The third kappa shape index (κ3) is 45.6. The first-order chi connectivity index (χ1) is 31.5. The summed E-state index contributed by atoms with van der Waals surface area (Å²) in [5.74, 6) is -0.537. The number of esters is 1. The zero-order chi connectivity index (χ0) is 46.7. The van der Waals surface area contributed by atoms with Crippen molar-refractivity contribution in [2.75, 3.05) is 6.61 Å². The maximum atomic E-state index is 13.2. The Balaban J connectivity index is 4.72. The van der Waals surface area contributed by atoms with Crippen LogP contribution in [-0.4, -0.2) is 46.9 Å². The molecule has 3 N–H and O–H groups in total. The highest BCUT2D eigenvalue weighted by Crippen LogP contribution is 2.17. The predicted molar refractivity (Wildman–Crippen MR) is 278 cm³/mol. The van der Waals surface area contributed by atoms with Crippen LogP contribution in [0.2, 0.25) is 0 Å². The van der Waals surface area contributed by atoms with Crippen LogP contribution in [0.1, 0.15) is 245 Å². The molecule has 3 unspecified atom stereocenters. The van der Waals surface area contributed by atoms with Crippen LogP contribution in [0, 0.1) is 0 Å². The predicted octanol–water partition coefficient (Wildman–Crippen LogP) is 16.3. The van der Waals surface area contributed by atoms with Gasteiger partial charge in [0.15, 0.2) is 0 Å². The van der Waals surface area contributed by atoms with Gasteiger partial charge in [0.1, 0.15) is 6.10 Å². The van der Waals surface area contributed by atoms with Crippen molar-refractivity contribution < 1.29 is 24.5 Å². The number of carbonyl (C=O) groups is 2. The monoisotopic (exact) mass is 892 g/mol. The van der Waals surface area contributed by atoms with E-state index in [0.717, 1.165) is 96.3 Å². The molecule has 0 saturated carbocycles. The molecule has 3 atom stereocenters. The van der Waals surface area contributed by atoms with E-state index in [4.69, 9.17) is 4.74 Å². The molecule has 0 fully saturated rings. The summed E-state index contributed by atoms with van der Waals surface area (Å²) >= 11 is 0. The van der Waals surface area contributed by atoms with Crippen LogP contribution in [0.5, 0.6) is 0 Å². The van der Waals surface area contributed by atoms with Crippen molar-refractivity contribution in [1.29, 1.82) is 0 Å². The largest absolute Gasteiger partial charge is 0.462 e. The molecular weight excluding hydrogens is 791 g/mol. The molecule has 64 heavy (non-hydrogen) atoms. The number of aliphatic hydroxyl groups is 2. The van der Waals surface area contributed by atoms with Crippen LogP contribution >= 0.6 is 0 Å². The highest BCUT2D eigenvalue weighted by molar-refractivity contribution is 5.77. The smallest absolute Gasteiger partial charge is 0.306 e. The molecule has 0 aliphatic rings. The molecular formula is C58H101NO5. The molecule has 0 aromatic carbocycles. The second-order valence-electron chi connectivity index (χ2n) is 18.1. The lowest BCUT2D eigenvalue weighted by Gasteiger charge is -2.24. The average Bonchev–Trinajstić information content (AvgIpc) is 3.29. The molecule has 0 radical (unpaired) electrons. The van der Waals surface area contributed by atoms with E-state index in [0.29, 0.717) is 19.3 Å². The summed E-state index contributed by atoms with van der Waals surface area (Å²) in [5.41, 5.74) is 0. The van der Waals surface area contributed by atoms with Gasteiger partial charge < -0.3 is 20.3 Å². The van der Waals surface area contributed by atoms with Crippen molar-refractivity contribution in [3.8, 4) is 0 Å².